The summed E-state index contributed by atoms with van der Waals surface area (Å²) in [7, 11) is 0. The molecule has 1 aromatic heterocycles. The first kappa shape index (κ1) is 12.1. The maximum Gasteiger partial charge on any atom is 0.227 e. The van der Waals surface area contributed by atoms with Crippen LogP contribution in [-0.2, 0) is 11.2 Å². The van der Waals surface area contributed by atoms with Crippen LogP contribution in [0.1, 0.15) is 43.3 Å². The van der Waals surface area contributed by atoms with E-state index in [9.17, 15) is 0 Å². The van der Waals surface area contributed by atoms with Gasteiger partial charge < -0.3 is 14.2 Å². The highest BCUT2D eigenvalue weighted by atomic mass is 16.5. The van der Waals surface area contributed by atoms with E-state index in [-0.39, 0.29) is 0 Å². The van der Waals surface area contributed by atoms with Gasteiger partial charge in [-0.15, -0.1) is 0 Å². The van der Waals surface area contributed by atoms with Crippen molar-refractivity contribution in [3.63, 3.8) is 0 Å². The number of rotatable bonds is 4. The monoisotopic (exact) mass is 251 g/mol. The van der Waals surface area contributed by atoms with E-state index in [2.05, 4.69) is 15.0 Å². The number of aromatic nitrogens is 2. The first-order valence-corrected chi connectivity index (χ1v) is 7.04. The topological polar surface area (TPSA) is 51.4 Å². The van der Waals surface area contributed by atoms with Gasteiger partial charge in [0.05, 0.1) is 6.61 Å². The Labute approximate surface area is 107 Å². The largest absolute Gasteiger partial charge is 0.381 e. The highest BCUT2D eigenvalue weighted by molar-refractivity contribution is 4.97. The summed E-state index contributed by atoms with van der Waals surface area (Å²) in [6.07, 6.45) is 5.93. The lowest BCUT2D eigenvalue weighted by molar-refractivity contribution is 0.192. The Morgan fingerprint density at radius 1 is 1.22 bits per heavy atom. The molecule has 0 N–H and O–H groups in total. The molecule has 0 unspecified atom stereocenters. The Kier molecular flexibility index (Phi) is 3.90. The number of likely N-dealkylation sites (tertiary alicyclic amines) is 1. The van der Waals surface area contributed by atoms with Crippen LogP contribution < -0.4 is 0 Å². The van der Waals surface area contributed by atoms with Gasteiger partial charge in [-0.1, -0.05) is 11.6 Å². The van der Waals surface area contributed by atoms with Crippen LogP contribution in [0.4, 0.5) is 0 Å². The molecular formula is C13H21N3O2. The summed E-state index contributed by atoms with van der Waals surface area (Å²) >= 11 is 0. The zero-order chi connectivity index (χ0) is 12.2. The van der Waals surface area contributed by atoms with Crippen LogP contribution in [0.2, 0.25) is 0 Å². The third-order valence-corrected chi connectivity index (χ3v) is 3.87. The minimum Gasteiger partial charge on any atom is -0.381 e. The van der Waals surface area contributed by atoms with Crippen molar-refractivity contribution in [1.82, 2.24) is 15.0 Å². The van der Waals surface area contributed by atoms with Crippen LogP contribution in [0.25, 0.3) is 0 Å². The van der Waals surface area contributed by atoms with Gasteiger partial charge in [0.2, 0.25) is 5.89 Å². The van der Waals surface area contributed by atoms with Crippen LogP contribution in [-0.4, -0.2) is 47.9 Å². The number of hydrogen-bond acceptors (Lipinski definition) is 5. The highest BCUT2D eigenvalue weighted by Gasteiger charge is 2.23. The summed E-state index contributed by atoms with van der Waals surface area (Å²) in [5, 5.41) is 4.08. The molecule has 5 nitrogen and oxygen atoms in total. The van der Waals surface area contributed by atoms with E-state index in [1.54, 1.807) is 0 Å². The van der Waals surface area contributed by atoms with Gasteiger partial charge in [0.15, 0.2) is 5.82 Å². The second kappa shape index (κ2) is 5.80. The quantitative estimate of drug-likeness (QED) is 0.813. The van der Waals surface area contributed by atoms with Crippen molar-refractivity contribution in [2.75, 3.05) is 32.8 Å². The molecule has 0 bridgehead atoms. The molecule has 1 atom stereocenters. The average molecular weight is 251 g/mol. The minimum atomic E-state index is 0.345. The van der Waals surface area contributed by atoms with E-state index in [4.69, 9.17) is 9.26 Å². The van der Waals surface area contributed by atoms with E-state index in [1.165, 1.54) is 32.4 Å². The smallest absolute Gasteiger partial charge is 0.227 e. The van der Waals surface area contributed by atoms with E-state index in [1.807, 2.05) is 0 Å². The van der Waals surface area contributed by atoms with Crippen molar-refractivity contribution in [3.8, 4) is 0 Å². The Hall–Kier alpha value is -0.940. The Bertz CT molecular complexity index is 368. The lowest BCUT2D eigenvalue weighted by atomic mass is 10.1. The molecule has 3 heterocycles. The molecule has 0 aromatic carbocycles. The van der Waals surface area contributed by atoms with Gasteiger partial charge in [0.25, 0.3) is 0 Å². The molecule has 1 aromatic rings. The molecule has 100 valence electrons. The zero-order valence-electron chi connectivity index (χ0n) is 10.8. The minimum absolute atomic E-state index is 0.345. The van der Waals surface area contributed by atoms with Crippen LogP contribution in [0.3, 0.4) is 0 Å². The van der Waals surface area contributed by atoms with Gasteiger partial charge in [0, 0.05) is 25.5 Å². The van der Waals surface area contributed by atoms with E-state index < -0.39 is 0 Å². The zero-order valence-corrected chi connectivity index (χ0v) is 10.8. The first-order valence-electron chi connectivity index (χ1n) is 7.04. The van der Waals surface area contributed by atoms with Crippen molar-refractivity contribution in [2.45, 2.75) is 38.0 Å². The molecule has 2 aliphatic heterocycles. The lowest BCUT2D eigenvalue weighted by Crippen LogP contribution is -2.31. The van der Waals surface area contributed by atoms with Gasteiger partial charge in [-0.2, -0.15) is 4.98 Å². The SMILES string of the molecule is C1CCN(CCc2nc([C@H]3CCOC3)no2)CC1. The first-order chi connectivity index (χ1) is 8.92. The van der Waals surface area contributed by atoms with Crippen LogP contribution in [0.5, 0.6) is 0 Å². The molecule has 2 saturated heterocycles. The predicted molar refractivity (Wildman–Crippen MR) is 66.5 cm³/mol. The molecule has 0 aliphatic carbocycles. The third-order valence-electron chi connectivity index (χ3n) is 3.87. The lowest BCUT2D eigenvalue weighted by Gasteiger charge is -2.25. The molecule has 0 amide bonds. The molecule has 3 rings (SSSR count). The van der Waals surface area contributed by atoms with E-state index in [0.29, 0.717) is 5.92 Å². The number of nitrogens with zero attached hydrogens (tertiary/aromatic N) is 3. The second-order valence-corrected chi connectivity index (χ2v) is 5.26. The fourth-order valence-electron chi connectivity index (χ4n) is 2.71. The van der Waals surface area contributed by atoms with Gasteiger partial charge in [-0.25, -0.2) is 0 Å². The predicted octanol–water partition coefficient (Wildman–Crippen LogP) is 1.60. The summed E-state index contributed by atoms with van der Waals surface area (Å²) in [5.41, 5.74) is 0. The van der Waals surface area contributed by atoms with Crippen molar-refractivity contribution in [1.29, 1.82) is 0 Å². The summed E-state index contributed by atoms with van der Waals surface area (Å²) in [6, 6.07) is 0. The van der Waals surface area contributed by atoms with Crippen molar-refractivity contribution in [2.24, 2.45) is 0 Å². The normalized spacial score (nSPS) is 25.7. The van der Waals surface area contributed by atoms with Gasteiger partial charge in [0.1, 0.15) is 0 Å². The Morgan fingerprint density at radius 3 is 2.89 bits per heavy atom. The maximum atomic E-state index is 5.35. The van der Waals surface area contributed by atoms with Gasteiger partial charge in [-0.3, -0.25) is 0 Å². The number of piperidine rings is 1. The second-order valence-electron chi connectivity index (χ2n) is 5.26. The summed E-state index contributed by atoms with van der Waals surface area (Å²) < 4.78 is 10.7. The summed E-state index contributed by atoms with van der Waals surface area (Å²) in [4.78, 5) is 6.98. The fourth-order valence-corrected chi connectivity index (χ4v) is 2.71. The summed E-state index contributed by atoms with van der Waals surface area (Å²) in [6.45, 7) is 5.05. The molecule has 2 aliphatic rings. The highest BCUT2D eigenvalue weighted by Crippen LogP contribution is 2.22. The number of hydrogen-bond donors (Lipinski definition) is 0. The van der Waals surface area contributed by atoms with Gasteiger partial charge in [-0.05, 0) is 32.4 Å². The number of ether oxygens (including phenoxy) is 1. The third kappa shape index (κ3) is 2.90. The Morgan fingerprint density at radius 2 is 2.11 bits per heavy atom. The van der Waals surface area contributed by atoms with Crippen molar-refractivity contribution >= 4 is 0 Å². The molecule has 2 fully saturated rings. The van der Waals surface area contributed by atoms with Crippen molar-refractivity contribution in [3.05, 3.63) is 11.7 Å². The van der Waals surface area contributed by atoms with Crippen molar-refractivity contribution < 1.29 is 9.26 Å². The maximum absolute atomic E-state index is 5.35. The fraction of sp³-hybridized carbons (Fsp3) is 0.846. The Balaban J connectivity index is 1.50. The summed E-state index contributed by atoms with van der Waals surface area (Å²) in [5.74, 6) is 1.96. The molecule has 0 radical (unpaired) electrons. The van der Waals surface area contributed by atoms with Crippen LogP contribution >= 0.6 is 0 Å². The molecular weight excluding hydrogens is 230 g/mol. The molecule has 0 spiro atoms. The van der Waals surface area contributed by atoms with Crippen LogP contribution in [0.15, 0.2) is 4.52 Å². The molecule has 18 heavy (non-hydrogen) atoms. The van der Waals surface area contributed by atoms with E-state index >= 15 is 0 Å². The molecule has 5 heteroatoms. The van der Waals surface area contributed by atoms with E-state index in [0.717, 1.165) is 44.3 Å². The van der Waals surface area contributed by atoms with Gasteiger partial charge >= 0.3 is 0 Å². The molecule has 0 saturated carbocycles. The standard InChI is InChI=1S/C13H21N3O2/c1-2-6-16(7-3-1)8-4-12-14-13(15-18-12)11-5-9-17-10-11/h11H,1-10H2/t11-/m0/s1. The van der Waals surface area contributed by atoms with Crippen LogP contribution in [0, 0.1) is 0 Å². The average Bonchev–Trinajstić information content (AvgIpc) is 3.08.